The van der Waals surface area contributed by atoms with Crippen LogP contribution in [0.5, 0.6) is 0 Å². The van der Waals surface area contributed by atoms with Crippen molar-refractivity contribution < 1.29 is 9.18 Å². The highest BCUT2D eigenvalue weighted by atomic mass is 35.5. The van der Waals surface area contributed by atoms with Gasteiger partial charge in [0.05, 0.1) is 17.8 Å². The summed E-state index contributed by atoms with van der Waals surface area (Å²) in [6.07, 6.45) is 5.52. The van der Waals surface area contributed by atoms with Gasteiger partial charge in [-0.15, -0.1) is 0 Å². The van der Waals surface area contributed by atoms with E-state index in [1.54, 1.807) is 42.3 Å². The molecule has 0 fully saturated rings. The minimum absolute atomic E-state index is 0.202. The molecular weight excluding hydrogens is 455 g/mol. The van der Waals surface area contributed by atoms with Crippen LogP contribution in [0, 0.1) is 5.82 Å². The number of fused-ring (bicyclic) bond motifs is 1. The number of hydrogen-bond acceptors (Lipinski definition) is 5. The predicted molar refractivity (Wildman–Crippen MR) is 130 cm³/mol. The molecule has 1 aromatic carbocycles. The molecule has 0 spiro atoms. The Hall–Kier alpha value is -3.78. The summed E-state index contributed by atoms with van der Waals surface area (Å²) in [5.41, 5.74) is 3.31. The van der Waals surface area contributed by atoms with Gasteiger partial charge in [0.15, 0.2) is 0 Å². The third-order valence-electron chi connectivity index (χ3n) is 6.08. The highest BCUT2D eigenvalue weighted by molar-refractivity contribution is 6.30. The first-order chi connectivity index (χ1) is 16.4. The van der Waals surface area contributed by atoms with E-state index in [9.17, 15) is 4.79 Å². The molecule has 5 rings (SSSR count). The normalized spacial score (nSPS) is 13.6. The number of carbonyl (C=O) groups is 1. The van der Waals surface area contributed by atoms with E-state index in [4.69, 9.17) is 11.6 Å². The molecule has 1 unspecified atom stereocenters. The standard InChI is InChI=1S/C25H22ClFN6O/c1-15(19-4-3-8-29-24(19)26)25(34)33-11-7-17-12-18(13-20(27)23(17)33)16-5-9-28-21(14-16)31-22-6-10-30-32(22)2/h3-6,8-10,12-15H,7,11H2,1-2H3,(H,28,31). The molecule has 0 aliphatic carbocycles. The van der Waals surface area contributed by atoms with Crippen molar-refractivity contribution in [1.29, 1.82) is 0 Å². The van der Waals surface area contributed by atoms with E-state index in [2.05, 4.69) is 20.4 Å². The molecule has 4 heterocycles. The number of halogens is 2. The number of pyridine rings is 2. The van der Waals surface area contributed by atoms with Gasteiger partial charge in [-0.1, -0.05) is 17.7 Å². The first-order valence-electron chi connectivity index (χ1n) is 10.9. The molecule has 1 atom stereocenters. The summed E-state index contributed by atoms with van der Waals surface area (Å²) in [5, 5.41) is 7.63. The van der Waals surface area contributed by atoms with E-state index in [1.807, 2.05) is 31.3 Å². The molecule has 1 N–H and O–H groups in total. The molecule has 0 bridgehead atoms. The maximum atomic E-state index is 15.4. The first-order valence-corrected chi connectivity index (χ1v) is 11.3. The maximum absolute atomic E-state index is 15.4. The van der Waals surface area contributed by atoms with Gasteiger partial charge in [-0.2, -0.15) is 5.10 Å². The second kappa shape index (κ2) is 8.87. The van der Waals surface area contributed by atoms with Gasteiger partial charge in [0.1, 0.15) is 22.6 Å². The second-order valence-electron chi connectivity index (χ2n) is 8.21. The van der Waals surface area contributed by atoms with E-state index >= 15 is 4.39 Å². The Morgan fingerprint density at radius 2 is 1.97 bits per heavy atom. The van der Waals surface area contributed by atoms with Gasteiger partial charge in [-0.3, -0.25) is 9.48 Å². The molecule has 172 valence electrons. The largest absolute Gasteiger partial charge is 0.325 e. The summed E-state index contributed by atoms with van der Waals surface area (Å²) in [4.78, 5) is 23.2. The molecule has 0 saturated carbocycles. The zero-order chi connectivity index (χ0) is 23.8. The number of benzene rings is 1. The number of amides is 1. The van der Waals surface area contributed by atoms with E-state index in [-0.39, 0.29) is 11.1 Å². The fourth-order valence-electron chi connectivity index (χ4n) is 4.27. The molecule has 9 heteroatoms. The monoisotopic (exact) mass is 476 g/mol. The van der Waals surface area contributed by atoms with Crippen molar-refractivity contribution >= 4 is 34.8 Å². The van der Waals surface area contributed by atoms with E-state index in [0.717, 1.165) is 22.5 Å². The minimum Gasteiger partial charge on any atom is -0.325 e. The molecule has 7 nitrogen and oxygen atoms in total. The average Bonchev–Trinajstić information content (AvgIpc) is 3.45. The predicted octanol–water partition coefficient (Wildman–Crippen LogP) is 5.11. The maximum Gasteiger partial charge on any atom is 0.234 e. The van der Waals surface area contributed by atoms with Gasteiger partial charge in [0, 0.05) is 37.6 Å². The third kappa shape index (κ3) is 4.01. The molecule has 34 heavy (non-hydrogen) atoms. The van der Waals surface area contributed by atoms with Crippen LogP contribution in [0.15, 0.2) is 61.1 Å². The SMILES string of the molecule is CC(C(=O)N1CCc2cc(-c3ccnc(Nc4ccnn4C)c3)cc(F)c21)c1cccnc1Cl. The van der Waals surface area contributed by atoms with Crippen molar-refractivity contribution in [1.82, 2.24) is 19.7 Å². The topological polar surface area (TPSA) is 75.9 Å². The number of hydrogen-bond donors (Lipinski definition) is 1. The van der Waals surface area contributed by atoms with Crippen LogP contribution in [0.2, 0.25) is 5.15 Å². The van der Waals surface area contributed by atoms with Crippen LogP contribution >= 0.6 is 11.6 Å². The molecule has 0 radical (unpaired) electrons. The molecular formula is C25H22ClFN6O. The van der Waals surface area contributed by atoms with Gasteiger partial charge in [-0.25, -0.2) is 14.4 Å². The van der Waals surface area contributed by atoms with Gasteiger partial charge in [0.25, 0.3) is 0 Å². The van der Waals surface area contributed by atoms with Crippen molar-refractivity contribution in [2.75, 3.05) is 16.8 Å². The number of nitrogens with one attached hydrogen (secondary N) is 1. The number of nitrogens with zero attached hydrogens (tertiary/aromatic N) is 5. The van der Waals surface area contributed by atoms with Crippen LogP contribution in [-0.2, 0) is 18.3 Å². The van der Waals surface area contributed by atoms with Crippen molar-refractivity contribution in [3.63, 3.8) is 0 Å². The number of aryl methyl sites for hydroxylation is 1. The molecule has 3 aromatic heterocycles. The fraction of sp³-hybridized carbons (Fsp3) is 0.200. The number of anilines is 3. The fourth-order valence-corrected chi connectivity index (χ4v) is 4.56. The van der Waals surface area contributed by atoms with Crippen LogP contribution in [0.3, 0.4) is 0 Å². The van der Waals surface area contributed by atoms with Crippen LogP contribution in [-0.4, -0.2) is 32.2 Å². The van der Waals surface area contributed by atoms with E-state index < -0.39 is 11.7 Å². The Labute approximate surface area is 201 Å². The Morgan fingerprint density at radius 3 is 2.74 bits per heavy atom. The van der Waals surface area contributed by atoms with E-state index in [0.29, 0.717) is 30.0 Å². The summed E-state index contributed by atoms with van der Waals surface area (Å²) in [6.45, 7) is 2.18. The average molecular weight is 477 g/mol. The molecule has 4 aromatic rings. The zero-order valence-electron chi connectivity index (χ0n) is 18.7. The van der Waals surface area contributed by atoms with Crippen molar-refractivity contribution in [3.8, 4) is 11.1 Å². The Morgan fingerprint density at radius 1 is 1.12 bits per heavy atom. The molecule has 1 aliphatic heterocycles. The summed E-state index contributed by atoms with van der Waals surface area (Å²) in [6, 6.07) is 12.5. The second-order valence-corrected chi connectivity index (χ2v) is 8.56. The molecule has 0 saturated heterocycles. The van der Waals surface area contributed by atoms with E-state index in [1.165, 1.54) is 11.0 Å². The van der Waals surface area contributed by atoms with Crippen LogP contribution in [0.4, 0.5) is 21.7 Å². The van der Waals surface area contributed by atoms with Gasteiger partial charge < -0.3 is 10.2 Å². The Bertz CT molecular complexity index is 1390. The highest BCUT2D eigenvalue weighted by Crippen LogP contribution is 2.38. The quantitative estimate of drug-likeness (QED) is 0.405. The van der Waals surface area contributed by atoms with Crippen molar-refractivity contribution in [3.05, 3.63) is 83.2 Å². The van der Waals surface area contributed by atoms with Crippen molar-refractivity contribution in [2.24, 2.45) is 7.05 Å². The van der Waals surface area contributed by atoms with Gasteiger partial charge in [0.2, 0.25) is 5.91 Å². The van der Waals surface area contributed by atoms with Crippen LogP contribution in [0.1, 0.15) is 24.0 Å². The van der Waals surface area contributed by atoms with Crippen molar-refractivity contribution in [2.45, 2.75) is 19.3 Å². The lowest BCUT2D eigenvalue weighted by Gasteiger charge is -2.23. The summed E-state index contributed by atoms with van der Waals surface area (Å²) >= 11 is 6.18. The Balaban J connectivity index is 1.43. The number of carbonyl (C=O) groups excluding carboxylic acids is 1. The molecule has 1 amide bonds. The summed E-state index contributed by atoms with van der Waals surface area (Å²) in [5.74, 6) is 0.252. The highest BCUT2D eigenvalue weighted by Gasteiger charge is 2.32. The van der Waals surface area contributed by atoms with Gasteiger partial charge >= 0.3 is 0 Å². The van der Waals surface area contributed by atoms with Crippen LogP contribution in [0.25, 0.3) is 11.1 Å². The Kier molecular flexibility index (Phi) is 5.75. The lowest BCUT2D eigenvalue weighted by atomic mass is 10.0. The third-order valence-corrected chi connectivity index (χ3v) is 6.39. The first kappa shape index (κ1) is 22.0. The smallest absolute Gasteiger partial charge is 0.234 e. The lowest BCUT2D eigenvalue weighted by molar-refractivity contribution is -0.119. The summed E-state index contributed by atoms with van der Waals surface area (Å²) < 4.78 is 17.1. The zero-order valence-corrected chi connectivity index (χ0v) is 19.4. The summed E-state index contributed by atoms with van der Waals surface area (Å²) in [7, 11) is 1.83. The molecule has 1 aliphatic rings. The van der Waals surface area contributed by atoms with Gasteiger partial charge in [-0.05, 0) is 60.4 Å². The minimum atomic E-state index is -0.535. The number of rotatable bonds is 5. The van der Waals surface area contributed by atoms with Crippen LogP contribution < -0.4 is 10.2 Å². The lowest BCUT2D eigenvalue weighted by Crippen LogP contribution is -2.33. The number of aromatic nitrogens is 4.